The maximum atomic E-state index is 12.4. The zero-order valence-electron chi connectivity index (χ0n) is 14.9. The monoisotopic (exact) mass is 395 g/mol. The lowest BCUT2D eigenvalue weighted by Crippen LogP contribution is -2.20. The molecule has 0 fully saturated rings. The van der Waals surface area contributed by atoms with Crippen molar-refractivity contribution in [3.8, 4) is 0 Å². The Kier molecular flexibility index (Phi) is 5.66. The zero-order chi connectivity index (χ0) is 20.1. The van der Waals surface area contributed by atoms with Crippen LogP contribution < -0.4 is 21.7 Å². The number of rotatable bonds is 5. The minimum atomic E-state index is -0.649. The van der Waals surface area contributed by atoms with Crippen molar-refractivity contribution in [3.63, 3.8) is 0 Å². The molecule has 0 atom stereocenters. The predicted molar refractivity (Wildman–Crippen MR) is 109 cm³/mol. The molecule has 5 N–H and O–H groups in total. The summed E-state index contributed by atoms with van der Waals surface area (Å²) in [6.07, 6.45) is 0. The van der Waals surface area contributed by atoms with Crippen LogP contribution >= 0.6 is 11.3 Å². The maximum absolute atomic E-state index is 12.4. The molecule has 1 heterocycles. The molecule has 0 aliphatic rings. The van der Waals surface area contributed by atoms with Gasteiger partial charge in [-0.2, -0.15) is 0 Å². The minimum absolute atomic E-state index is 0.107. The van der Waals surface area contributed by atoms with Crippen molar-refractivity contribution < 1.29 is 14.4 Å². The summed E-state index contributed by atoms with van der Waals surface area (Å²) < 4.78 is 0. The molecule has 8 nitrogen and oxygen atoms in total. The van der Waals surface area contributed by atoms with E-state index >= 15 is 0 Å². The molecule has 3 aromatic rings. The molecule has 0 radical (unpaired) electrons. The Balaban J connectivity index is 1.64. The van der Waals surface area contributed by atoms with Crippen molar-refractivity contribution in [1.29, 1.82) is 0 Å². The number of anilines is 3. The summed E-state index contributed by atoms with van der Waals surface area (Å²) in [4.78, 5) is 40.0. The zero-order valence-corrected chi connectivity index (χ0v) is 15.7. The number of hydrogen-bond acceptors (Lipinski definition) is 5. The van der Waals surface area contributed by atoms with Gasteiger partial charge in [-0.25, -0.2) is 9.78 Å². The number of para-hydroxylation sites is 1. The number of thiazole rings is 1. The van der Waals surface area contributed by atoms with Crippen LogP contribution in [0.5, 0.6) is 0 Å². The smallest absolute Gasteiger partial charge is 0.325 e. The summed E-state index contributed by atoms with van der Waals surface area (Å²) >= 11 is 1.11. The van der Waals surface area contributed by atoms with Gasteiger partial charge in [0.25, 0.3) is 11.8 Å². The van der Waals surface area contributed by atoms with E-state index in [9.17, 15) is 14.4 Å². The van der Waals surface area contributed by atoms with Crippen LogP contribution in [-0.4, -0.2) is 22.8 Å². The molecule has 1 aromatic heterocycles. The highest BCUT2D eigenvalue weighted by molar-refractivity contribution is 7.14. The molecule has 0 bridgehead atoms. The number of aryl methyl sites for hydroxylation is 1. The lowest BCUT2D eigenvalue weighted by Gasteiger charge is -2.07. The van der Waals surface area contributed by atoms with E-state index in [-0.39, 0.29) is 16.4 Å². The number of hydrogen-bond donors (Lipinski definition) is 4. The average molecular weight is 395 g/mol. The lowest BCUT2D eigenvalue weighted by atomic mass is 10.1. The molecule has 0 saturated heterocycles. The van der Waals surface area contributed by atoms with Crippen molar-refractivity contribution in [2.24, 2.45) is 5.73 Å². The molecule has 0 aliphatic heterocycles. The third-order valence-electron chi connectivity index (χ3n) is 3.67. The van der Waals surface area contributed by atoms with Crippen LogP contribution in [0.15, 0.2) is 53.9 Å². The standard InChI is InChI=1S/C19H17N5O3S/c1-11-5-4-6-12(9-11)21-18(27)24-19-23-15(10-28-19)17(26)22-14-8-3-2-7-13(14)16(20)25/h2-10H,1H3,(H2,20,25)(H,22,26)(H2,21,23,24,27). The predicted octanol–water partition coefficient (Wildman–Crippen LogP) is 3.45. The van der Waals surface area contributed by atoms with E-state index < -0.39 is 17.8 Å². The van der Waals surface area contributed by atoms with Crippen LogP contribution in [0, 0.1) is 6.92 Å². The first-order chi connectivity index (χ1) is 13.4. The highest BCUT2D eigenvalue weighted by atomic mass is 32.1. The van der Waals surface area contributed by atoms with Crippen LogP contribution in [0.4, 0.5) is 21.3 Å². The van der Waals surface area contributed by atoms with Gasteiger partial charge in [-0.05, 0) is 36.8 Å². The summed E-state index contributed by atoms with van der Waals surface area (Å²) in [5.41, 5.74) is 7.56. The number of nitrogens with one attached hydrogen (secondary N) is 3. The van der Waals surface area contributed by atoms with Crippen molar-refractivity contribution in [3.05, 3.63) is 70.7 Å². The molecule has 0 unspecified atom stereocenters. The molecule has 0 saturated carbocycles. The SMILES string of the molecule is Cc1cccc(NC(=O)Nc2nc(C(=O)Nc3ccccc3C(N)=O)cs2)c1. The average Bonchev–Trinajstić information content (AvgIpc) is 3.10. The van der Waals surface area contributed by atoms with Gasteiger partial charge in [0.2, 0.25) is 0 Å². The van der Waals surface area contributed by atoms with Gasteiger partial charge in [0, 0.05) is 11.1 Å². The second kappa shape index (κ2) is 8.31. The summed E-state index contributed by atoms with van der Waals surface area (Å²) in [6, 6.07) is 13.3. The fraction of sp³-hybridized carbons (Fsp3) is 0.0526. The van der Waals surface area contributed by atoms with Crippen molar-refractivity contribution in [2.45, 2.75) is 6.92 Å². The number of amides is 4. The second-order valence-electron chi connectivity index (χ2n) is 5.85. The summed E-state index contributed by atoms with van der Waals surface area (Å²) in [5, 5.41) is 9.64. The summed E-state index contributed by atoms with van der Waals surface area (Å²) in [7, 11) is 0. The first-order valence-electron chi connectivity index (χ1n) is 8.23. The van der Waals surface area contributed by atoms with E-state index in [1.54, 1.807) is 24.3 Å². The molecule has 3 rings (SSSR count). The van der Waals surface area contributed by atoms with E-state index in [4.69, 9.17) is 5.73 Å². The van der Waals surface area contributed by atoms with E-state index in [0.717, 1.165) is 16.9 Å². The Morgan fingerprint density at radius 2 is 1.79 bits per heavy atom. The summed E-state index contributed by atoms with van der Waals surface area (Å²) in [6.45, 7) is 1.92. The van der Waals surface area contributed by atoms with Gasteiger partial charge >= 0.3 is 6.03 Å². The molecule has 2 aromatic carbocycles. The van der Waals surface area contributed by atoms with Gasteiger partial charge in [0.05, 0.1) is 11.3 Å². The third kappa shape index (κ3) is 4.71. The van der Waals surface area contributed by atoms with Crippen molar-refractivity contribution >= 4 is 45.7 Å². The Morgan fingerprint density at radius 3 is 2.54 bits per heavy atom. The number of nitrogens with zero attached hydrogens (tertiary/aromatic N) is 1. The molecular weight excluding hydrogens is 378 g/mol. The fourth-order valence-electron chi connectivity index (χ4n) is 2.41. The molecule has 142 valence electrons. The van der Waals surface area contributed by atoms with Crippen molar-refractivity contribution in [2.75, 3.05) is 16.0 Å². The number of carbonyl (C=O) groups excluding carboxylic acids is 3. The molecule has 28 heavy (non-hydrogen) atoms. The lowest BCUT2D eigenvalue weighted by molar-refractivity contribution is 0.100. The third-order valence-corrected chi connectivity index (χ3v) is 4.43. The molecule has 4 amide bonds. The number of urea groups is 1. The van der Waals surface area contributed by atoms with Gasteiger partial charge in [0.1, 0.15) is 5.69 Å². The second-order valence-corrected chi connectivity index (χ2v) is 6.71. The Morgan fingerprint density at radius 1 is 1.00 bits per heavy atom. The van der Waals surface area contributed by atoms with Gasteiger partial charge < -0.3 is 16.4 Å². The fourth-order valence-corrected chi connectivity index (χ4v) is 3.10. The maximum Gasteiger partial charge on any atom is 0.325 e. The van der Waals surface area contributed by atoms with Gasteiger partial charge in [-0.1, -0.05) is 24.3 Å². The number of carbonyl (C=O) groups is 3. The quantitative estimate of drug-likeness (QED) is 0.528. The molecular formula is C19H17N5O3S. The normalized spacial score (nSPS) is 10.2. The number of aromatic nitrogens is 1. The van der Waals surface area contributed by atoms with Gasteiger partial charge in [0.15, 0.2) is 5.13 Å². The first-order valence-corrected chi connectivity index (χ1v) is 9.11. The number of benzene rings is 2. The van der Waals surface area contributed by atoms with Crippen LogP contribution in [0.1, 0.15) is 26.4 Å². The minimum Gasteiger partial charge on any atom is -0.366 e. The Labute approximate surface area is 164 Å². The van der Waals surface area contributed by atoms with E-state index in [2.05, 4.69) is 20.9 Å². The highest BCUT2D eigenvalue weighted by Crippen LogP contribution is 2.19. The van der Waals surface area contributed by atoms with Gasteiger partial charge in [-0.15, -0.1) is 11.3 Å². The molecule has 0 spiro atoms. The Bertz CT molecular complexity index is 1050. The number of nitrogens with two attached hydrogens (primary N) is 1. The highest BCUT2D eigenvalue weighted by Gasteiger charge is 2.15. The van der Waals surface area contributed by atoms with Crippen LogP contribution in [0.2, 0.25) is 0 Å². The summed E-state index contributed by atoms with van der Waals surface area (Å²) in [5.74, 6) is -1.17. The topological polar surface area (TPSA) is 126 Å². The van der Waals surface area contributed by atoms with Crippen LogP contribution in [0.25, 0.3) is 0 Å². The largest absolute Gasteiger partial charge is 0.366 e. The van der Waals surface area contributed by atoms with E-state index in [0.29, 0.717) is 11.4 Å². The molecule has 0 aliphatic carbocycles. The Hall–Kier alpha value is -3.72. The first kappa shape index (κ1) is 19.1. The van der Waals surface area contributed by atoms with Crippen LogP contribution in [-0.2, 0) is 0 Å². The van der Waals surface area contributed by atoms with Gasteiger partial charge in [-0.3, -0.25) is 14.9 Å². The van der Waals surface area contributed by atoms with E-state index in [1.807, 2.05) is 25.1 Å². The van der Waals surface area contributed by atoms with Crippen LogP contribution in [0.3, 0.4) is 0 Å². The van der Waals surface area contributed by atoms with E-state index in [1.165, 1.54) is 11.4 Å². The molecule has 9 heteroatoms. The number of primary amides is 1. The van der Waals surface area contributed by atoms with Crippen molar-refractivity contribution in [1.82, 2.24) is 4.98 Å².